The molecule has 7 heteroatoms. The van der Waals surface area contributed by atoms with Gasteiger partial charge in [-0.3, -0.25) is 4.79 Å². The van der Waals surface area contributed by atoms with Gasteiger partial charge in [-0.15, -0.1) is 5.10 Å². The Hall–Kier alpha value is -1.92. The number of halogens is 1. The number of hydrogen-bond donors (Lipinski definition) is 1. The molecular weight excluding hydrogens is 302 g/mol. The van der Waals surface area contributed by atoms with Crippen LogP contribution in [0.2, 0.25) is 5.02 Å². The highest BCUT2D eigenvalue weighted by Crippen LogP contribution is 2.18. The van der Waals surface area contributed by atoms with E-state index in [1.807, 2.05) is 26.1 Å². The Morgan fingerprint density at radius 1 is 1.45 bits per heavy atom. The van der Waals surface area contributed by atoms with Gasteiger partial charge in [-0.25, -0.2) is 4.68 Å². The number of amides is 1. The first-order chi connectivity index (χ1) is 10.6. The van der Waals surface area contributed by atoms with E-state index in [0.29, 0.717) is 23.7 Å². The molecule has 1 heterocycles. The van der Waals surface area contributed by atoms with E-state index in [2.05, 4.69) is 15.6 Å². The van der Waals surface area contributed by atoms with E-state index in [9.17, 15) is 4.79 Å². The molecule has 22 heavy (non-hydrogen) atoms. The molecule has 0 unspecified atom stereocenters. The lowest BCUT2D eigenvalue weighted by Gasteiger charge is -2.16. The molecule has 0 atom stereocenters. The maximum absolute atomic E-state index is 12.5. The molecule has 1 aromatic carbocycles. The van der Waals surface area contributed by atoms with Gasteiger partial charge in [0, 0.05) is 25.2 Å². The lowest BCUT2D eigenvalue weighted by atomic mass is 10.2. The Morgan fingerprint density at radius 3 is 2.86 bits per heavy atom. The van der Waals surface area contributed by atoms with E-state index >= 15 is 0 Å². The minimum Gasteiger partial charge on any atom is -0.339 e. The van der Waals surface area contributed by atoms with Crippen LogP contribution in [0.5, 0.6) is 0 Å². The minimum atomic E-state index is -0.125. The maximum atomic E-state index is 12.5. The van der Waals surface area contributed by atoms with Gasteiger partial charge in [0.05, 0.1) is 11.4 Å². The second-order valence-corrected chi connectivity index (χ2v) is 5.40. The van der Waals surface area contributed by atoms with Gasteiger partial charge in [-0.1, -0.05) is 29.8 Å². The van der Waals surface area contributed by atoms with E-state index in [4.69, 9.17) is 11.6 Å². The van der Waals surface area contributed by atoms with Gasteiger partial charge < -0.3 is 10.2 Å². The molecule has 2 aromatic rings. The number of nitrogens with one attached hydrogen (secondary N) is 1. The van der Waals surface area contributed by atoms with Crippen molar-refractivity contribution in [3.63, 3.8) is 0 Å². The average Bonchev–Trinajstić information content (AvgIpc) is 2.95. The lowest BCUT2D eigenvalue weighted by Crippen LogP contribution is -2.33. The third kappa shape index (κ3) is 3.45. The standard InChI is InChI=1S/C15H20ClN5O/c1-4-13-14(15(22)20(3)9-8-17-2)18-19-21(13)12-7-5-6-11(16)10-12/h5-7,10,17H,4,8-9H2,1-3H3. The summed E-state index contributed by atoms with van der Waals surface area (Å²) >= 11 is 6.02. The molecule has 0 bridgehead atoms. The summed E-state index contributed by atoms with van der Waals surface area (Å²) in [5.41, 5.74) is 1.97. The molecule has 6 nitrogen and oxygen atoms in total. The molecular formula is C15H20ClN5O. The van der Waals surface area contributed by atoms with Gasteiger partial charge in [-0.2, -0.15) is 0 Å². The van der Waals surface area contributed by atoms with E-state index in [1.165, 1.54) is 0 Å². The van der Waals surface area contributed by atoms with Gasteiger partial charge in [0.25, 0.3) is 5.91 Å². The van der Waals surface area contributed by atoms with Crippen molar-refractivity contribution in [2.24, 2.45) is 0 Å². The highest BCUT2D eigenvalue weighted by Gasteiger charge is 2.22. The first-order valence-corrected chi connectivity index (χ1v) is 7.56. The third-order valence-electron chi connectivity index (χ3n) is 3.40. The first kappa shape index (κ1) is 16.5. The SMILES string of the molecule is CCc1c(C(=O)N(C)CCNC)nnn1-c1cccc(Cl)c1. The molecule has 1 N–H and O–H groups in total. The second-order valence-electron chi connectivity index (χ2n) is 4.96. The summed E-state index contributed by atoms with van der Waals surface area (Å²) in [4.78, 5) is 14.1. The van der Waals surface area contributed by atoms with E-state index in [1.54, 1.807) is 28.8 Å². The van der Waals surface area contributed by atoms with Crippen molar-refractivity contribution >= 4 is 17.5 Å². The zero-order valence-electron chi connectivity index (χ0n) is 13.0. The number of aromatic nitrogens is 3. The summed E-state index contributed by atoms with van der Waals surface area (Å²) in [6.45, 7) is 3.32. The van der Waals surface area contributed by atoms with E-state index in [0.717, 1.165) is 17.9 Å². The van der Waals surface area contributed by atoms with Crippen molar-refractivity contribution in [1.29, 1.82) is 0 Å². The normalized spacial score (nSPS) is 10.7. The van der Waals surface area contributed by atoms with Crippen molar-refractivity contribution < 1.29 is 4.79 Å². The van der Waals surface area contributed by atoms with Crippen molar-refractivity contribution in [1.82, 2.24) is 25.2 Å². The van der Waals surface area contributed by atoms with Crippen LogP contribution in [0.1, 0.15) is 23.1 Å². The molecule has 1 aromatic heterocycles. The molecule has 0 aliphatic rings. The molecule has 0 saturated carbocycles. The van der Waals surface area contributed by atoms with Crippen LogP contribution in [0, 0.1) is 0 Å². The molecule has 0 saturated heterocycles. The molecule has 1 amide bonds. The number of rotatable bonds is 6. The molecule has 0 aliphatic carbocycles. The van der Waals surface area contributed by atoms with Crippen LogP contribution >= 0.6 is 11.6 Å². The van der Waals surface area contributed by atoms with Crippen LogP contribution in [-0.4, -0.2) is 53.0 Å². The monoisotopic (exact) mass is 321 g/mol. The van der Waals surface area contributed by atoms with Crippen molar-refractivity contribution in [3.05, 3.63) is 40.7 Å². The van der Waals surface area contributed by atoms with Crippen LogP contribution in [0.25, 0.3) is 5.69 Å². The largest absolute Gasteiger partial charge is 0.339 e. The Kier molecular flexibility index (Phi) is 5.51. The Balaban J connectivity index is 2.33. The highest BCUT2D eigenvalue weighted by molar-refractivity contribution is 6.30. The molecule has 2 rings (SSSR count). The summed E-state index contributed by atoms with van der Waals surface area (Å²) < 4.78 is 1.67. The fourth-order valence-corrected chi connectivity index (χ4v) is 2.35. The predicted octanol–water partition coefficient (Wildman–Crippen LogP) is 1.77. The number of benzene rings is 1. The second kappa shape index (κ2) is 7.38. The summed E-state index contributed by atoms with van der Waals surface area (Å²) in [5.74, 6) is -0.125. The van der Waals surface area contributed by atoms with Gasteiger partial charge in [0.2, 0.25) is 0 Å². The van der Waals surface area contributed by atoms with Crippen LogP contribution in [0.15, 0.2) is 24.3 Å². The van der Waals surface area contributed by atoms with E-state index < -0.39 is 0 Å². The topological polar surface area (TPSA) is 63.1 Å². The van der Waals surface area contributed by atoms with Crippen LogP contribution in [0.3, 0.4) is 0 Å². The van der Waals surface area contributed by atoms with Crippen LogP contribution in [0.4, 0.5) is 0 Å². The summed E-state index contributed by atoms with van der Waals surface area (Å²) in [7, 11) is 3.61. The molecule has 0 radical (unpaired) electrons. The van der Waals surface area contributed by atoms with E-state index in [-0.39, 0.29) is 5.91 Å². The highest BCUT2D eigenvalue weighted by atomic mass is 35.5. The lowest BCUT2D eigenvalue weighted by molar-refractivity contribution is 0.0790. The molecule has 0 spiro atoms. The number of carbonyl (C=O) groups is 1. The summed E-state index contributed by atoms with van der Waals surface area (Å²) in [6, 6.07) is 7.33. The van der Waals surface area contributed by atoms with Crippen LogP contribution in [-0.2, 0) is 6.42 Å². The Labute approximate surface area is 135 Å². The van der Waals surface area contributed by atoms with Gasteiger partial charge in [0.1, 0.15) is 0 Å². The Bertz CT molecular complexity index is 655. The predicted molar refractivity (Wildman–Crippen MR) is 86.6 cm³/mol. The fraction of sp³-hybridized carbons (Fsp3) is 0.400. The fourth-order valence-electron chi connectivity index (χ4n) is 2.16. The van der Waals surface area contributed by atoms with Gasteiger partial charge in [-0.05, 0) is 31.7 Å². The number of likely N-dealkylation sites (N-methyl/N-ethyl adjacent to an activating group) is 2. The van der Waals surface area contributed by atoms with Gasteiger partial charge >= 0.3 is 0 Å². The van der Waals surface area contributed by atoms with Gasteiger partial charge in [0.15, 0.2) is 5.69 Å². The van der Waals surface area contributed by atoms with Crippen LogP contribution < -0.4 is 5.32 Å². The zero-order valence-corrected chi connectivity index (χ0v) is 13.8. The number of nitrogens with zero attached hydrogens (tertiary/aromatic N) is 4. The molecule has 118 valence electrons. The summed E-state index contributed by atoms with van der Waals surface area (Å²) in [5, 5.41) is 11.8. The van der Waals surface area contributed by atoms with Crippen molar-refractivity contribution in [2.75, 3.05) is 27.2 Å². The molecule has 0 aliphatic heterocycles. The summed E-state index contributed by atoms with van der Waals surface area (Å²) in [6.07, 6.45) is 0.653. The smallest absolute Gasteiger partial charge is 0.276 e. The first-order valence-electron chi connectivity index (χ1n) is 7.19. The number of hydrogen-bond acceptors (Lipinski definition) is 4. The number of carbonyl (C=O) groups excluding carboxylic acids is 1. The molecule has 0 fully saturated rings. The zero-order chi connectivity index (χ0) is 16.1. The quantitative estimate of drug-likeness (QED) is 0.881. The minimum absolute atomic E-state index is 0.125. The Morgan fingerprint density at radius 2 is 2.23 bits per heavy atom. The average molecular weight is 322 g/mol. The van der Waals surface area contributed by atoms with Crippen molar-refractivity contribution in [3.8, 4) is 5.69 Å². The van der Waals surface area contributed by atoms with Crippen molar-refractivity contribution in [2.45, 2.75) is 13.3 Å². The maximum Gasteiger partial charge on any atom is 0.276 e. The third-order valence-corrected chi connectivity index (χ3v) is 3.63.